The first kappa shape index (κ1) is 25.3. The SMILES string of the molecule is COc1cc2c(cc1C(=O)Nc1cccc(-c3nncn3[C@H](C)CO)n1)CN(S(=O)(=O)N1CCCC1)C2. The van der Waals surface area contributed by atoms with Gasteiger partial charge in [-0.15, -0.1) is 10.2 Å². The first-order chi connectivity index (χ1) is 17.8. The minimum atomic E-state index is -3.56. The summed E-state index contributed by atoms with van der Waals surface area (Å²) in [6.45, 7) is 3.25. The molecule has 0 spiro atoms. The fourth-order valence-corrected chi connectivity index (χ4v) is 6.29. The molecule has 12 nitrogen and oxygen atoms in total. The lowest BCUT2D eigenvalue weighted by Crippen LogP contribution is -2.39. The third-order valence-corrected chi connectivity index (χ3v) is 8.64. The molecule has 0 saturated carbocycles. The smallest absolute Gasteiger partial charge is 0.282 e. The molecule has 0 aliphatic carbocycles. The van der Waals surface area contributed by atoms with E-state index in [2.05, 4.69) is 20.5 Å². The summed E-state index contributed by atoms with van der Waals surface area (Å²) in [5.74, 6) is 0.682. The Morgan fingerprint density at radius 3 is 2.59 bits per heavy atom. The van der Waals surface area contributed by atoms with Gasteiger partial charge in [0.25, 0.3) is 16.1 Å². The maximum Gasteiger partial charge on any atom is 0.282 e. The number of pyridine rings is 1. The number of amides is 1. The Kier molecular flexibility index (Phi) is 6.94. The van der Waals surface area contributed by atoms with Crippen LogP contribution in [0.25, 0.3) is 11.5 Å². The molecule has 1 amide bonds. The molecule has 4 heterocycles. The van der Waals surface area contributed by atoms with Crippen LogP contribution in [-0.2, 0) is 23.3 Å². The van der Waals surface area contributed by atoms with Crippen molar-refractivity contribution in [3.63, 3.8) is 0 Å². The summed E-state index contributed by atoms with van der Waals surface area (Å²) in [5.41, 5.74) is 2.35. The van der Waals surface area contributed by atoms with Crippen molar-refractivity contribution in [2.75, 3.05) is 32.1 Å². The van der Waals surface area contributed by atoms with E-state index in [0.29, 0.717) is 36.2 Å². The molecule has 3 aromatic rings. The Morgan fingerprint density at radius 1 is 1.16 bits per heavy atom. The Morgan fingerprint density at radius 2 is 1.89 bits per heavy atom. The van der Waals surface area contributed by atoms with Gasteiger partial charge in [-0.2, -0.15) is 17.0 Å². The lowest BCUT2D eigenvalue weighted by Gasteiger charge is -2.22. The lowest BCUT2D eigenvalue weighted by molar-refractivity contribution is 0.102. The second kappa shape index (κ2) is 10.2. The molecule has 196 valence electrons. The van der Waals surface area contributed by atoms with Gasteiger partial charge in [0.05, 0.1) is 25.3 Å². The van der Waals surface area contributed by atoms with E-state index in [4.69, 9.17) is 4.74 Å². The number of fused-ring (bicyclic) bond motifs is 1. The Balaban J connectivity index is 1.37. The molecule has 2 N–H and O–H groups in total. The molecule has 5 rings (SSSR count). The summed E-state index contributed by atoms with van der Waals surface area (Å²) < 4.78 is 36.2. The van der Waals surface area contributed by atoms with Gasteiger partial charge in [0.15, 0.2) is 5.82 Å². The monoisotopic (exact) mass is 527 g/mol. The van der Waals surface area contributed by atoms with Crippen molar-refractivity contribution < 1.29 is 23.1 Å². The first-order valence-electron chi connectivity index (χ1n) is 12.1. The fourth-order valence-electron chi connectivity index (χ4n) is 4.64. The Hall–Kier alpha value is -3.39. The second-order valence-corrected chi connectivity index (χ2v) is 11.1. The molecular formula is C24H29N7O5S. The largest absolute Gasteiger partial charge is 0.496 e. The molecule has 0 bridgehead atoms. The molecule has 0 radical (unpaired) electrons. The molecular weight excluding hydrogens is 498 g/mol. The number of hydrogen-bond donors (Lipinski definition) is 2. The quantitative estimate of drug-likeness (QED) is 0.452. The van der Waals surface area contributed by atoms with E-state index in [-0.39, 0.29) is 31.3 Å². The third kappa shape index (κ3) is 4.82. The van der Waals surface area contributed by atoms with Gasteiger partial charge in [0.1, 0.15) is 23.6 Å². The molecule has 1 fully saturated rings. The molecule has 1 atom stereocenters. The van der Waals surface area contributed by atoms with E-state index >= 15 is 0 Å². The minimum Gasteiger partial charge on any atom is -0.496 e. The zero-order chi connectivity index (χ0) is 26.2. The van der Waals surface area contributed by atoms with Gasteiger partial charge in [-0.3, -0.25) is 4.79 Å². The number of anilines is 1. The van der Waals surface area contributed by atoms with Crippen molar-refractivity contribution in [3.05, 3.63) is 53.3 Å². The number of carbonyl (C=O) groups is 1. The van der Waals surface area contributed by atoms with Crippen LogP contribution in [0.5, 0.6) is 5.75 Å². The highest BCUT2D eigenvalue weighted by atomic mass is 32.2. The van der Waals surface area contributed by atoms with Crippen LogP contribution >= 0.6 is 0 Å². The van der Waals surface area contributed by atoms with Crippen molar-refractivity contribution >= 4 is 21.9 Å². The molecule has 37 heavy (non-hydrogen) atoms. The van der Waals surface area contributed by atoms with E-state index in [1.165, 1.54) is 22.0 Å². The Bertz CT molecular complexity index is 1420. The van der Waals surface area contributed by atoms with Gasteiger partial charge in [-0.25, -0.2) is 4.98 Å². The molecule has 2 aromatic heterocycles. The van der Waals surface area contributed by atoms with E-state index in [1.54, 1.807) is 34.9 Å². The predicted molar refractivity (Wildman–Crippen MR) is 135 cm³/mol. The van der Waals surface area contributed by atoms with E-state index < -0.39 is 16.1 Å². The maximum atomic E-state index is 13.3. The standard InChI is InChI=1S/C24H29N7O5S/c1-16(14-32)31-15-25-28-23(31)20-6-5-7-22(26-20)27-24(33)19-10-17-12-30(13-18(17)11-21(19)36-2)37(34,35)29-8-3-4-9-29/h5-7,10-11,15-16,32H,3-4,8-9,12-14H2,1-2H3,(H,26,27,33)/t16-/m1/s1. The number of ether oxygens (including phenoxy) is 1. The van der Waals surface area contributed by atoms with Crippen molar-refractivity contribution in [1.29, 1.82) is 0 Å². The summed E-state index contributed by atoms with van der Waals surface area (Å²) in [4.78, 5) is 17.8. The van der Waals surface area contributed by atoms with Crippen molar-refractivity contribution in [1.82, 2.24) is 28.4 Å². The maximum absolute atomic E-state index is 13.3. The fraction of sp³-hybridized carbons (Fsp3) is 0.417. The van der Waals surface area contributed by atoms with Crippen molar-refractivity contribution in [2.24, 2.45) is 0 Å². The minimum absolute atomic E-state index is 0.0870. The highest BCUT2D eigenvalue weighted by Gasteiger charge is 2.36. The predicted octanol–water partition coefficient (Wildman–Crippen LogP) is 1.81. The molecule has 1 saturated heterocycles. The number of nitrogens with one attached hydrogen (secondary N) is 1. The van der Waals surface area contributed by atoms with Crippen LogP contribution in [0, 0.1) is 0 Å². The van der Waals surface area contributed by atoms with E-state index in [1.807, 2.05) is 6.92 Å². The summed E-state index contributed by atoms with van der Waals surface area (Å²) in [6.07, 6.45) is 3.25. The Labute approximate surface area is 215 Å². The molecule has 13 heteroatoms. The third-order valence-electron chi connectivity index (χ3n) is 6.71. The second-order valence-electron chi connectivity index (χ2n) is 9.16. The van der Waals surface area contributed by atoms with Gasteiger partial charge in [0.2, 0.25) is 0 Å². The first-order valence-corrected chi connectivity index (χ1v) is 13.5. The van der Waals surface area contributed by atoms with Crippen LogP contribution < -0.4 is 10.1 Å². The summed E-state index contributed by atoms with van der Waals surface area (Å²) in [7, 11) is -2.09. The van der Waals surface area contributed by atoms with Crippen LogP contribution in [0.3, 0.4) is 0 Å². The zero-order valence-electron chi connectivity index (χ0n) is 20.7. The summed E-state index contributed by atoms with van der Waals surface area (Å²) in [6, 6.07) is 8.31. The number of carbonyl (C=O) groups excluding carboxylic acids is 1. The van der Waals surface area contributed by atoms with Gasteiger partial charge >= 0.3 is 0 Å². The number of nitrogens with zero attached hydrogens (tertiary/aromatic N) is 6. The van der Waals surface area contributed by atoms with E-state index in [0.717, 1.165) is 24.0 Å². The van der Waals surface area contributed by atoms with Gasteiger partial charge in [0, 0.05) is 26.2 Å². The van der Waals surface area contributed by atoms with Crippen LogP contribution in [0.4, 0.5) is 5.82 Å². The number of aliphatic hydroxyl groups is 1. The number of rotatable bonds is 8. The highest BCUT2D eigenvalue weighted by Crippen LogP contribution is 2.33. The number of benzene rings is 1. The zero-order valence-corrected chi connectivity index (χ0v) is 21.5. The van der Waals surface area contributed by atoms with Crippen molar-refractivity contribution in [3.8, 4) is 17.3 Å². The van der Waals surface area contributed by atoms with Crippen LogP contribution in [0.1, 0.15) is 47.3 Å². The molecule has 2 aliphatic heterocycles. The van der Waals surface area contributed by atoms with Gasteiger partial charge in [-0.05, 0) is 55.2 Å². The number of hydrogen-bond acceptors (Lipinski definition) is 8. The summed E-state index contributed by atoms with van der Waals surface area (Å²) in [5, 5.41) is 20.3. The van der Waals surface area contributed by atoms with Crippen molar-refractivity contribution in [2.45, 2.75) is 38.9 Å². The average Bonchev–Trinajstić information content (AvgIpc) is 3.68. The van der Waals surface area contributed by atoms with E-state index in [9.17, 15) is 18.3 Å². The number of aliphatic hydroxyl groups excluding tert-OH is 1. The number of aromatic nitrogens is 4. The van der Waals surface area contributed by atoms with Crippen LogP contribution in [-0.4, -0.2) is 74.6 Å². The lowest BCUT2D eigenvalue weighted by atomic mass is 10.0. The molecule has 0 unspecified atom stereocenters. The van der Waals surface area contributed by atoms with Crippen LogP contribution in [0.15, 0.2) is 36.7 Å². The molecule has 1 aromatic carbocycles. The van der Waals surface area contributed by atoms with Crippen LogP contribution in [0.2, 0.25) is 0 Å². The average molecular weight is 528 g/mol. The number of methoxy groups -OCH3 is 1. The van der Waals surface area contributed by atoms with Gasteiger partial charge < -0.3 is 19.7 Å². The molecule has 2 aliphatic rings. The summed E-state index contributed by atoms with van der Waals surface area (Å²) >= 11 is 0. The highest BCUT2D eigenvalue weighted by molar-refractivity contribution is 7.86. The van der Waals surface area contributed by atoms with Gasteiger partial charge in [-0.1, -0.05) is 6.07 Å². The normalized spacial score (nSPS) is 17.1. The topological polar surface area (TPSA) is 143 Å².